The van der Waals surface area contributed by atoms with Crippen molar-refractivity contribution < 1.29 is 9.59 Å². The summed E-state index contributed by atoms with van der Waals surface area (Å²) in [6, 6.07) is 7.64. The zero-order valence-electron chi connectivity index (χ0n) is 22.0. The Balaban J connectivity index is 2.52. The summed E-state index contributed by atoms with van der Waals surface area (Å²) in [6.45, 7) is 13.9. The number of hydrogen-bond donors (Lipinski definition) is 1. The average Bonchev–Trinajstić information content (AvgIpc) is 2.97. The largest absolute Gasteiger partial charge is 0.375 e. The van der Waals surface area contributed by atoms with E-state index in [0.29, 0.717) is 12.1 Å². The Labute approximate surface area is 205 Å². The molecule has 0 radical (unpaired) electrons. The Morgan fingerprint density at radius 1 is 1.18 bits per heavy atom. The predicted octanol–water partition coefficient (Wildman–Crippen LogP) is 5.43. The number of nitrogens with zero attached hydrogens (tertiary/aromatic N) is 3. The van der Waals surface area contributed by atoms with Gasteiger partial charge in [-0.3, -0.25) is 14.6 Å². The molecule has 0 aromatic heterocycles. The van der Waals surface area contributed by atoms with Crippen molar-refractivity contribution in [1.82, 2.24) is 4.90 Å². The van der Waals surface area contributed by atoms with E-state index in [-0.39, 0.29) is 17.7 Å². The van der Waals surface area contributed by atoms with Gasteiger partial charge < -0.3 is 9.80 Å². The fourth-order valence-electron chi connectivity index (χ4n) is 4.06. The zero-order valence-corrected chi connectivity index (χ0v) is 22.0. The standard InChI is InChI=1S/C28H42N4O2/c1-8-20(4)16-26-27(22(6)10-3)30(7)14-15-31(28(26)34)24-12-11-13-25(17-24)32(29)18-23(19-33)21(5)9-2/h11-13,16-19,21-22H,8-10,14-15,29H2,1-7H3/b20-16-,23-18-. The molecule has 1 heterocycles. The molecule has 1 aliphatic rings. The van der Waals surface area contributed by atoms with Crippen molar-refractivity contribution in [2.24, 2.45) is 17.7 Å². The van der Waals surface area contributed by atoms with Crippen LogP contribution in [-0.4, -0.2) is 37.2 Å². The van der Waals surface area contributed by atoms with E-state index in [1.54, 1.807) is 6.20 Å². The quantitative estimate of drug-likeness (QED) is 0.215. The molecule has 0 spiro atoms. The van der Waals surface area contributed by atoms with Gasteiger partial charge in [-0.25, -0.2) is 5.84 Å². The van der Waals surface area contributed by atoms with Crippen LogP contribution in [0.2, 0.25) is 0 Å². The lowest BCUT2D eigenvalue weighted by Gasteiger charge is -2.26. The van der Waals surface area contributed by atoms with Gasteiger partial charge in [0.2, 0.25) is 0 Å². The summed E-state index contributed by atoms with van der Waals surface area (Å²) in [5.74, 6) is 6.72. The SMILES string of the molecule is CC/C(C)=C\C1=C(C(C)CC)N(C)CCN(c2cccc(N(N)/C=C(/C=O)C(C)CC)c2)C1=O. The van der Waals surface area contributed by atoms with Crippen molar-refractivity contribution in [3.8, 4) is 0 Å². The van der Waals surface area contributed by atoms with Crippen LogP contribution < -0.4 is 15.8 Å². The number of anilines is 2. The van der Waals surface area contributed by atoms with Crippen molar-refractivity contribution in [3.05, 3.63) is 59.0 Å². The Hall–Kier alpha value is -2.86. The van der Waals surface area contributed by atoms with Gasteiger partial charge in [0.05, 0.1) is 11.3 Å². The number of hydrazine groups is 1. The molecule has 1 aliphatic heterocycles. The molecule has 0 saturated heterocycles. The number of nitrogens with two attached hydrogens (primary N) is 1. The summed E-state index contributed by atoms with van der Waals surface area (Å²) in [4.78, 5) is 29.5. The molecule has 34 heavy (non-hydrogen) atoms. The Morgan fingerprint density at radius 3 is 2.47 bits per heavy atom. The molecule has 2 N–H and O–H groups in total. The van der Waals surface area contributed by atoms with Crippen LogP contribution in [0.25, 0.3) is 0 Å². The summed E-state index contributed by atoms with van der Waals surface area (Å²) in [5, 5.41) is 1.47. The van der Waals surface area contributed by atoms with Crippen LogP contribution in [0.3, 0.4) is 0 Å². The van der Waals surface area contributed by atoms with Crippen LogP contribution in [0.15, 0.2) is 59.0 Å². The highest BCUT2D eigenvalue weighted by atomic mass is 16.2. The summed E-state index contributed by atoms with van der Waals surface area (Å²) < 4.78 is 0. The molecular weight excluding hydrogens is 424 g/mol. The number of carbonyl (C=O) groups excluding carboxylic acids is 2. The molecule has 0 saturated carbocycles. The molecule has 1 amide bonds. The van der Waals surface area contributed by atoms with Crippen molar-refractivity contribution in [3.63, 3.8) is 0 Å². The first-order valence-corrected chi connectivity index (χ1v) is 12.4. The average molecular weight is 467 g/mol. The molecule has 6 heteroatoms. The monoisotopic (exact) mass is 466 g/mol. The first-order valence-electron chi connectivity index (χ1n) is 12.4. The molecule has 0 bridgehead atoms. The van der Waals surface area contributed by atoms with Gasteiger partial charge in [0.1, 0.15) is 6.29 Å². The van der Waals surface area contributed by atoms with Crippen LogP contribution in [0.1, 0.15) is 60.8 Å². The normalized spacial score (nSPS) is 17.6. The van der Waals surface area contributed by atoms with Crippen molar-refractivity contribution in [2.45, 2.75) is 60.8 Å². The minimum atomic E-state index is 0.0110. The maximum atomic E-state index is 13.9. The van der Waals surface area contributed by atoms with Crippen LogP contribution in [0.5, 0.6) is 0 Å². The van der Waals surface area contributed by atoms with Crippen molar-refractivity contribution >= 4 is 23.6 Å². The first kappa shape index (κ1) is 27.4. The van der Waals surface area contributed by atoms with E-state index in [1.807, 2.05) is 43.0 Å². The Kier molecular flexibility index (Phi) is 10.1. The number of carbonyl (C=O) groups is 2. The highest BCUT2D eigenvalue weighted by Crippen LogP contribution is 2.31. The Morgan fingerprint density at radius 2 is 1.88 bits per heavy atom. The molecule has 0 fully saturated rings. The van der Waals surface area contributed by atoms with E-state index < -0.39 is 0 Å². The minimum absolute atomic E-state index is 0.0110. The summed E-state index contributed by atoms with van der Waals surface area (Å²) in [6.07, 6.45) is 7.32. The molecule has 186 valence electrons. The van der Waals surface area contributed by atoms with Crippen LogP contribution in [-0.2, 0) is 9.59 Å². The summed E-state index contributed by atoms with van der Waals surface area (Å²) in [5.41, 5.74) is 5.21. The van der Waals surface area contributed by atoms with Gasteiger partial charge >= 0.3 is 0 Å². The fourth-order valence-corrected chi connectivity index (χ4v) is 4.06. The molecule has 6 nitrogen and oxygen atoms in total. The van der Waals surface area contributed by atoms with Gasteiger partial charge in [-0.2, -0.15) is 0 Å². The lowest BCUT2D eigenvalue weighted by atomic mass is 9.96. The van der Waals surface area contributed by atoms with Gasteiger partial charge in [0.25, 0.3) is 5.91 Å². The van der Waals surface area contributed by atoms with E-state index in [1.165, 1.54) is 10.6 Å². The van der Waals surface area contributed by atoms with E-state index in [0.717, 1.165) is 54.7 Å². The zero-order chi connectivity index (χ0) is 25.4. The van der Waals surface area contributed by atoms with Gasteiger partial charge in [0.15, 0.2) is 0 Å². The lowest BCUT2D eigenvalue weighted by molar-refractivity contribution is -0.114. The number of hydrogen-bond acceptors (Lipinski definition) is 5. The van der Waals surface area contributed by atoms with Crippen LogP contribution >= 0.6 is 0 Å². The molecule has 2 atom stereocenters. The third-order valence-corrected chi connectivity index (χ3v) is 6.89. The second-order valence-corrected chi connectivity index (χ2v) is 9.31. The van der Waals surface area contributed by atoms with Crippen LogP contribution in [0.4, 0.5) is 11.4 Å². The second-order valence-electron chi connectivity index (χ2n) is 9.31. The Bertz CT molecular complexity index is 963. The van der Waals surface area contributed by atoms with Gasteiger partial charge in [-0.15, -0.1) is 0 Å². The molecule has 0 aliphatic carbocycles. The van der Waals surface area contributed by atoms with Gasteiger partial charge in [-0.1, -0.05) is 46.3 Å². The topological polar surface area (TPSA) is 69.9 Å². The van der Waals surface area contributed by atoms with Gasteiger partial charge in [0, 0.05) is 43.3 Å². The lowest BCUT2D eigenvalue weighted by Crippen LogP contribution is -2.34. The summed E-state index contributed by atoms with van der Waals surface area (Å²) >= 11 is 0. The third kappa shape index (κ3) is 6.38. The maximum absolute atomic E-state index is 13.9. The number of likely N-dealkylation sites (N-methyl/N-ethyl adjacent to an activating group) is 1. The predicted molar refractivity (Wildman–Crippen MR) is 142 cm³/mol. The molecule has 1 aromatic carbocycles. The smallest absolute Gasteiger partial charge is 0.260 e. The number of aldehydes is 1. The number of amides is 1. The van der Waals surface area contributed by atoms with E-state index in [2.05, 4.69) is 45.7 Å². The molecule has 1 aromatic rings. The molecule has 2 rings (SSSR count). The number of benzene rings is 1. The van der Waals surface area contributed by atoms with E-state index in [4.69, 9.17) is 5.84 Å². The fraction of sp³-hybridized carbons (Fsp3) is 0.500. The number of allylic oxidation sites excluding steroid dienone is 3. The highest BCUT2D eigenvalue weighted by Gasteiger charge is 2.29. The minimum Gasteiger partial charge on any atom is -0.375 e. The summed E-state index contributed by atoms with van der Waals surface area (Å²) in [7, 11) is 2.08. The molecular formula is C28H42N4O2. The van der Waals surface area contributed by atoms with E-state index >= 15 is 0 Å². The maximum Gasteiger partial charge on any atom is 0.260 e. The van der Waals surface area contributed by atoms with Crippen molar-refractivity contribution in [1.29, 1.82) is 0 Å². The number of rotatable bonds is 10. The molecule has 2 unspecified atom stereocenters. The highest BCUT2D eigenvalue weighted by molar-refractivity contribution is 6.08. The third-order valence-electron chi connectivity index (χ3n) is 6.89. The second kappa shape index (κ2) is 12.6. The van der Waals surface area contributed by atoms with Gasteiger partial charge in [-0.05, 0) is 62.3 Å². The van der Waals surface area contributed by atoms with E-state index in [9.17, 15) is 9.59 Å². The van der Waals surface area contributed by atoms with Crippen LogP contribution in [0, 0.1) is 11.8 Å². The van der Waals surface area contributed by atoms with Crippen molar-refractivity contribution in [2.75, 3.05) is 30.0 Å². The first-order chi connectivity index (χ1) is 16.2.